The van der Waals surface area contributed by atoms with E-state index in [4.69, 9.17) is 8.94 Å². The lowest BCUT2D eigenvalue weighted by Gasteiger charge is -2.34. The van der Waals surface area contributed by atoms with Crippen LogP contribution in [0.25, 0.3) is 0 Å². The van der Waals surface area contributed by atoms with Gasteiger partial charge in [-0.05, 0) is 19.1 Å². The third-order valence-corrected chi connectivity index (χ3v) is 3.81. The van der Waals surface area contributed by atoms with Gasteiger partial charge in [-0.15, -0.1) is 0 Å². The topological polar surface area (TPSA) is 83.0 Å². The molecule has 2 aromatic heterocycles. The molecule has 1 saturated heterocycles. The monoisotopic (exact) mass is 305 g/mol. The van der Waals surface area contributed by atoms with Crippen molar-refractivity contribution in [3.63, 3.8) is 0 Å². The Morgan fingerprint density at radius 3 is 2.77 bits per heavy atom. The summed E-state index contributed by atoms with van der Waals surface area (Å²) in [6, 6.07) is 5.17. The zero-order valence-electron chi connectivity index (χ0n) is 12.4. The number of hydrogen-bond acceptors (Lipinski definition) is 6. The molecule has 0 spiro atoms. The van der Waals surface area contributed by atoms with Crippen molar-refractivity contribution in [1.82, 2.24) is 15.0 Å². The maximum absolute atomic E-state index is 12.2. The number of rotatable bonds is 4. The number of aromatic nitrogens is 1. The van der Waals surface area contributed by atoms with Crippen molar-refractivity contribution in [3.8, 4) is 0 Å². The van der Waals surface area contributed by atoms with Crippen molar-refractivity contribution < 1.29 is 18.8 Å². The zero-order chi connectivity index (χ0) is 15.5. The summed E-state index contributed by atoms with van der Waals surface area (Å²) in [5.41, 5.74) is 0.349. The molecule has 1 atom stereocenters. The Hall–Kier alpha value is -2.12. The molecule has 1 amide bonds. The first kappa shape index (κ1) is 14.8. The third kappa shape index (κ3) is 3.20. The first-order valence-electron chi connectivity index (χ1n) is 7.30. The van der Waals surface area contributed by atoms with Gasteiger partial charge < -0.3 is 18.9 Å². The lowest BCUT2D eigenvalue weighted by atomic mass is 10.2. The molecule has 0 radical (unpaired) electrons. The fourth-order valence-electron chi connectivity index (χ4n) is 2.58. The molecule has 0 saturated carbocycles. The van der Waals surface area contributed by atoms with Crippen LogP contribution in [0.2, 0.25) is 0 Å². The van der Waals surface area contributed by atoms with E-state index in [-0.39, 0.29) is 5.91 Å². The van der Waals surface area contributed by atoms with Crippen molar-refractivity contribution in [2.45, 2.75) is 13.0 Å². The molecule has 0 aromatic carbocycles. The summed E-state index contributed by atoms with van der Waals surface area (Å²) in [4.78, 5) is 16.1. The van der Waals surface area contributed by atoms with Gasteiger partial charge >= 0.3 is 0 Å². The van der Waals surface area contributed by atoms with E-state index in [0.717, 1.165) is 0 Å². The number of aryl methyl sites for hydroxylation is 1. The minimum atomic E-state index is -0.643. The highest BCUT2D eigenvalue weighted by atomic mass is 16.5. The molecule has 1 fully saturated rings. The fourth-order valence-corrected chi connectivity index (χ4v) is 2.58. The van der Waals surface area contributed by atoms with Gasteiger partial charge in [0.25, 0.3) is 5.91 Å². The minimum absolute atomic E-state index is 0.108. The number of carbonyl (C=O) groups excluding carboxylic acids is 1. The Morgan fingerprint density at radius 1 is 1.41 bits per heavy atom. The van der Waals surface area contributed by atoms with Crippen LogP contribution < -0.4 is 0 Å². The number of furan rings is 1. The number of aliphatic hydroxyl groups excluding tert-OH is 1. The van der Waals surface area contributed by atoms with Crippen LogP contribution in [-0.4, -0.2) is 58.7 Å². The average molecular weight is 305 g/mol. The molecule has 7 heteroatoms. The van der Waals surface area contributed by atoms with Gasteiger partial charge in [0.2, 0.25) is 0 Å². The fraction of sp³-hybridized carbons (Fsp3) is 0.467. The molecule has 1 aliphatic rings. The number of aliphatic hydroxyl groups is 1. The van der Waals surface area contributed by atoms with Crippen LogP contribution in [0.15, 0.2) is 33.4 Å². The van der Waals surface area contributed by atoms with E-state index < -0.39 is 6.10 Å². The van der Waals surface area contributed by atoms with Crippen LogP contribution in [0.1, 0.15) is 28.1 Å². The van der Waals surface area contributed by atoms with Gasteiger partial charge in [-0.3, -0.25) is 9.69 Å². The first-order valence-corrected chi connectivity index (χ1v) is 7.30. The Morgan fingerprint density at radius 2 is 2.18 bits per heavy atom. The Balaban J connectivity index is 1.51. The van der Waals surface area contributed by atoms with Crippen LogP contribution >= 0.6 is 0 Å². The first-order chi connectivity index (χ1) is 10.6. The zero-order valence-corrected chi connectivity index (χ0v) is 12.4. The van der Waals surface area contributed by atoms with Gasteiger partial charge in [0.05, 0.1) is 6.26 Å². The average Bonchev–Trinajstić information content (AvgIpc) is 3.18. The number of piperazine rings is 1. The molecule has 0 bridgehead atoms. The molecular weight excluding hydrogens is 286 g/mol. The van der Waals surface area contributed by atoms with Crippen molar-refractivity contribution in [3.05, 3.63) is 41.7 Å². The smallest absolute Gasteiger partial charge is 0.276 e. The Labute approximate surface area is 128 Å². The molecule has 22 heavy (non-hydrogen) atoms. The largest absolute Gasteiger partial charge is 0.467 e. The van der Waals surface area contributed by atoms with Gasteiger partial charge in [-0.1, -0.05) is 5.16 Å². The van der Waals surface area contributed by atoms with E-state index in [0.29, 0.717) is 49.9 Å². The van der Waals surface area contributed by atoms with Crippen LogP contribution in [0.3, 0.4) is 0 Å². The lowest BCUT2D eigenvalue weighted by molar-refractivity contribution is 0.0479. The van der Waals surface area contributed by atoms with E-state index in [1.807, 2.05) is 0 Å². The van der Waals surface area contributed by atoms with Crippen molar-refractivity contribution in [1.29, 1.82) is 0 Å². The summed E-state index contributed by atoms with van der Waals surface area (Å²) >= 11 is 0. The van der Waals surface area contributed by atoms with Crippen molar-refractivity contribution in [2.24, 2.45) is 0 Å². The van der Waals surface area contributed by atoms with Crippen LogP contribution in [0, 0.1) is 6.92 Å². The van der Waals surface area contributed by atoms with Crippen LogP contribution in [0.4, 0.5) is 0 Å². The second-order valence-corrected chi connectivity index (χ2v) is 5.45. The Kier molecular flexibility index (Phi) is 4.26. The SMILES string of the molecule is Cc1cc(C(=O)N2CCN(CC(O)c3ccco3)CC2)no1. The van der Waals surface area contributed by atoms with Gasteiger partial charge in [0.1, 0.15) is 17.6 Å². The van der Waals surface area contributed by atoms with Gasteiger partial charge in [0.15, 0.2) is 5.69 Å². The van der Waals surface area contributed by atoms with Crippen LogP contribution in [-0.2, 0) is 0 Å². The highest BCUT2D eigenvalue weighted by Crippen LogP contribution is 2.16. The molecule has 3 rings (SSSR count). The molecular formula is C15H19N3O4. The molecule has 1 aliphatic heterocycles. The van der Waals surface area contributed by atoms with E-state index in [1.165, 1.54) is 0 Å². The standard InChI is InChI=1S/C15H19N3O4/c1-11-9-12(16-22-11)15(20)18-6-4-17(5-7-18)10-13(19)14-3-2-8-21-14/h2-3,8-9,13,19H,4-7,10H2,1H3. The molecule has 118 valence electrons. The molecule has 2 aromatic rings. The molecule has 0 aliphatic carbocycles. The van der Waals surface area contributed by atoms with Gasteiger partial charge in [-0.25, -0.2) is 0 Å². The molecule has 1 N–H and O–H groups in total. The highest BCUT2D eigenvalue weighted by Gasteiger charge is 2.25. The summed E-state index contributed by atoms with van der Waals surface area (Å²) < 4.78 is 10.1. The molecule has 7 nitrogen and oxygen atoms in total. The van der Waals surface area contributed by atoms with E-state index >= 15 is 0 Å². The number of hydrogen-bond donors (Lipinski definition) is 1. The summed E-state index contributed by atoms with van der Waals surface area (Å²) in [6.45, 7) is 4.89. The van der Waals surface area contributed by atoms with Gasteiger partial charge in [0, 0.05) is 38.8 Å². The minimum Gasteiger partial charge on any atom is -0.467 e. The third-order valence-electron chi connectivity index (χ3n) is 3.81. The van der Waals surface area contributed by atoms with Crippen molar-refractivity contribution >= 4 is 5.91 Å². The Bertz CT molecular complexity index is 615. The highest BCUT2D eigenvalue weighted by molar-refractivity contribution is 5.92. The predicted molar refractivity (Wildman–Crippen MR) is 77.3 cm³/mol. The normalized spacial score (nSPS) is 17.6. The second-order valence-electron chi connectivity index (χ2n) is 5.45. The number of amides is 1. The summed E-state index contributed by atoms with van der Waals surface area (Å²) in [5.74, 6) is 1.09. The maximum atomic E-state index is 12.2. The van der Waals surface area contributed by atoms with E-state index in [9.17, 15) is 9.90 Å². The quantitative estimate of drug-likeness (QED) is 0.909. The van der Waals surface area contributed by atoms with Crippen molar-refractivity contribution in [2.75, 3.05) is 32.7 Å². The van der Waals surface area contributed by atoms with E-state index in [1.54, 1.807) is 36.3 Å². The number of nitrogens with zero attached hydrogens (tertiary/aromatic N) is 3. The summed E-state index contributed by atoms with van der Waals surface area (Å²) in [6.07, 6.45) is 0.908. The predicted octanol–water partition coefficient (Wildman–Crippen LogP) is 1.07. The molecule has 3 heterocycles. The maximum Gasteiger partial charge on any atom is 0.276 e. The summed E-state index contributed by atoms with van der Waals surface area (Å²) in [7, 11) is 0. The van der Waals surface area contributed by atoms with E-state index in [2.05, 4.69) is 10.1 Å². The molecule has 1 unspecified atom stereocenters. The number of β-amino-alcohol motifs (C(OH)–C–C–N with tert-alkyl or cyclic N) is 1. The number of carbonyl (C=O) groups is 1. The lowest BCUT2D eigenvalue weighted by Crippen LogP contribution is -2.49. The second kappa shape index (κ2) is 6.33. The van der Waals surface area contributed by atoms with Crippen LogP contribution in [0.5, 0.6) is 0 Å². The summed E-state index contributed by atoms with van der Waals surface area (Å²) in [5, 5.41) is 13.8. The van der Waals surface area contributed by atoms with Gasteiger partial charge in [-0.2, -0.15) is 0 Å².